The molecule has 1 amide bonds. The summed E-state index contributed by atoms with van der Waals surface area (Å²) in [5.74, 6) is 0.0516. The lowest BCUT2D eigenvalue weighted by atomic mass is 10.0. The number of carbonyl (C=O) groups excluding carboxylic acids is 1. The first-order valence-corrected chi connectivity index (χ1v) is 11.6. The van der Waals surface area contributed by atoms with Gasteiger partial charge in [0.05, 0.1) is 24.0 Å². The molecule has 2 aromatic heterocycles. The van der Waals surface area contributed by atoms with Crippen molar-refractivity contribution in [3.05, 3.63) is 87.9 Å². The van der Waals surface area contributed by atoms with Crippen LogP contribution in [0.5, 0.6) is 0 Å². The van der Waals surface area contributed by atoms with Crippen LogP contribution in [0.1, 0.15) is 38.1 Å². The molecule has 2 aliphatic rings. The molecule has 4 aromatic rings. The lowest BCUT2D eigenvalue weighted by Gasteiger charge is -2.26. The number of amides is 1. The largest absolute Gasteiger partial charge is 0.353 e. The molecule has 6 rings (SSSR count). The van der Waals surface area contributed by atoms with Gasteiger partial charge in [-0.2, -0.15) is 0 Å². The third-order valence-corrected chi connectivity index (χ3v) is 7.62. The minimum Gasteiger partial charge on any atom is -0.353 e. The Balaban J connectivity index is 1.39. The second kappa shape index (κ2) is 7.25. The number of likely N-dealkylation sites (N-methyl/N-ethyl adjacent to an activating group) is 1. The Morgan fingerprint density at radius 2 is 1.90 bits per heavy atom. The van der Waals surface area contributed by atoms with E-state index < -0.39 is 0 Å². The maximum absolute atomic E-state index is 13.2. The number of nitrogens with one attached hydrogen (secondary N) is 3. The van der Waals surface area contributed by atoms with Crippen molar-refractivity contribution in [2.45, 2.75) is 25.7 Å². The standard InChI is InChI=1S/C25H24N4OS/c1-28-12-11-18-21(15-28)31-25-22(18)24(30)26-23(27-25)19-14-29(13-16-7-3-2-4-8-16)20-10-6-5-9-17(19)20/h2-10,14,23,27H,11-13,15H2,1H3,(H,26,30)/p+1/t23-/m1/s1. The number of anilines is 1. The van der Waals surface area contributed by atoms with Gasteiger partial charge in [-0.05, 0) is 17.2 Å². The molecule has 1 unspecified atom stereocenters. The smallest absolute Gasteiger partial charge is 0.256 e. The first-order valence-electron chi connectivity index (χ1n) is 10.8. The number of carbonyl (C=O) groups is 1. The van der Waals surface area contributed by atoms with Gasteiger partial charge < -0.3 is 20.1 Å². The average molecular weight is 430 g/mol. The van der Waals surface area contributed by atoms with Crippen molar-refractivity contribution in [1.82, 2.24) is 9.88 Å². The minimum atomic E-state index is -0.230. The highest BCUT2D eigenvalue weighted by Crippen LogP contribution is 2.40. The van der Waals surface area contributed by atoms with E-state index in [9.17, 15) is 4.79 Å². The lowest BCUT2D eigenvalue weighted by Crippen LogP contribution is -3.08. The highest BCUT2D eigenvalue weighted by molar-refractivity contribution is 7.16. The molecule has 0 radical (unpaired) electrons. The number of thiophene rings is 1. The zero-order chi connectivity index (χ0) is 20.9. The van der Waals surface area contributed by atoms with Crippen LogP contribution in [0, 0.1) is 0 Å². The predicted octanol–water partition coefficient (Wildman–Crippen LogP) is 3.18. The Bertz CT molecular complexity index is 1290. The van der Waals surface area contributed by atoms with Gasteiger partial charge in [-0.25, -0.2) is 0 Å². The molecule has 5 nitrogen and oxygen atoms in total. The monoisotopic (exact) mass is 429 g/mol. The molecule has 0 bridgehead atoms. The highest BCUT2D eigenvalue weighted by Gasteiger charge is 2.34. The molecule has 31 heavy (non-hydrogen) atoms. The second-order valence-electron chi connectivity index (χ2n) is 8.61. The Morgan fingerprint density at radius 1 is 1.10 bits per heavy atom. The topological polar surface area (TPSA) is 50.5 Å². The van der Waals surface area contributed by atoms with Gasteiger partial charge in [-0.1, -0.05) is 48.5 Å². The zero-order valence-electron chi connectivity index (χ0n) is 17.4. The van der Waals surface area contributed by atoms with E-state index in [1.807, 2.05) is 6.07 Å². The Labute approximate surface area is 185 Å². The van der Waals surface area contributed by atoms with E-state index in [0.717, 1.165) is 42.2 Å². The van der Waals surface area contributed by atoms with Crippen molar-refractivity contribution >= 4 is 33.1 Å². The first-order chi connectivity index (χ1) is 15.2. The molecule has 0 saturated heterocycles. The predicted molar refractivity (Wildman–Crippen MR) is 125 cm³/mol. The van der Waals surface area contributed by atoms with Gasteiger partial charge in [0.1, 0.15) is 17.7 Å². The van der Waals surface area contributed by atoms with Gasteiger partial charge in [0, 0.05) is 35.6 Å². The number of quaternary nitrogens is 1. The average Bonchev–Trinajstić information content (AvgIpc) is 3.32. The molecular formula is C25H25N4OS+. The van der Waals surface area contributed by atoms with Gasteiger partial charge >= 0.3 is 0 Å². The maximum atomic E-state index is 13.2. The van der Waals surface area contributed by atoms with Crippen molar-refractivity contribution in [3.63, 3.8) is 0 Å². The lowest BCUT2D eigenvalue weighted by molar-refractivity contribution is -0.895. The number of hydrogen-bond acceptors (Lipinski definition) is 3. The van der Waals surface area contributed by atoms with E-state index in [1.165, 1.54) is 31.8 Å². The molecule has 4 heterocycles. The minimum absolute atomic E-state index is 0.0516. The Morgan fingerprint density at radius 3 is 2.77 bits per heavy atom. The summed E-state index contributed by atoms with van der Waals surface area (Å²) >= 11 is 1.76. The molecule has 6 heteroatoms. The first kappa shape index (κ1) is 18.7. The number of hydrogen-bond donors (Lipinski definition) is 3. The summed E-state index contributed by atoms with van der Waals surface area (Å²) < 4.78 is 2.28. The number of aromatic nitrogens is 1. The number of nitrogens with zero attached hydrogens (tertiary/aromatic N) is 1. The number of rotatable bonds is 3. The van der Waals surface area contributed by atoms with Gasteiger partial charge in [-0.15, -0.1) is 11.3 Å². The molecule has 156 valence electrons. The quantitative estimate of drug-likeness (QED) is 0.469. The third kappa shape index (κ3) is 3.14. The normalized spacial score (nSPS) is 20.1. The summed E-state index contributed by atoms with van der Waals surface area (Å²) in [6.45, 7) is 2.89. The fraction of sp³-hybridized carbons (Fsp3) is 0.240. The van der Waals surface area contributed by atoms with E-state index in [0.29, 0.717) is 0 Å². The summed E-state index contributed by atoms with van der Waals surface area (Å²) in [6.07, 6.45) is 2.93. The number of para-hydroxylation sites is 1. The molecule has 0 aliphatic carbocycles. The highest BCUT2D eigenvalue weighted by atomic mass is 32.1. The van der Waals surface area contributed by atoms with Crippen molar-refractivity contribution in [3.8, 4) is 0 Å². The van der Waals surface area contributed by atoms with Crippen molar-refractivity contribution in [1.29, 1.82) is 0 Å². The molecule has 2 aliphatic heterocycles. The summed E-state index contributed by atoms with van der Waals surface area (Å²) in [5, 5.41) is 9.08. The van der Waals surface area contributed by atoms with Crippen LogP contribution in [0.2, 0.25) is 0 Å². The van der Waals surface area contributed by atoms with Crippen LogP contribution >= 0.6 is 11.3 Å². The molecule has 0 spiro atoms. The third-order valence-electron chi connectivity index (χ3n) is 6.46. The van der Waals surface area contributed by atoms with Gasteiger partial charge in [0.15, 0.2) is 0 Å². The molecule has 0 saturated carbocycles. The van der Waals surface area contributed by atoms with Crippen molar-refractivity contribution in [2.75, 3.05) is 18.9 Å². The van der Waals surface area contributed by atoms with Crippen LogP contribution < -0.4 is 15.5 Å². The van der Waals surface area contributed by atoms with Crippen LogP contribution in [0.25, 0.3) is 10.9 Å². The van der Waals surface area contributed by atoms with E-state index in [4.69, 9.17) is 0 Å². The van der Waals surface area contributed by atoms with Crippen LogP contribution in [-0.2, 0) is 19.5 Å². The molecule has 2 aromatic carbocycles. The Kier molecular flexibility index (Phi) is 4.37. The van der Waals surface area contributed by atoms with Gasteiger partial charge in [0.25, 0.3) is 5.91 Å². The van der Waals surface area contributed by atoms with E-state index >= 15 is 0 Å². The maximum Gasteiger partial charge on any atom is 0.256 e. The molecule has 0 fully saturated rings. The van der Waals surface area contributed by atoms with Gasteiger partial charge in [-0.3, -0.25) is 4.79 Å². The molecular weight excluding hydrogens is 404 g/mol. The second-order valence-corrected chi connectivity index (χ2v) is 9.71. The Hall–Kier alpha value is -3.09. The molecule has 2 atom stereocenters. The van der Waals surface area contributed by atoms with Crippen LogP contribution in [0.4, 0.5) is 5.00 Å². The van der Waals surface area contributed by atoms with Crippen LogP contribution in [-0.4, -0.2) is 24.1 Å². The van der Waals surface area contributed by atoms with Gasteiger partial charge in [0.2, 0.25) is 0 Å². The van der Waals surface area contributed by atoms with E-state index in [-0.39, 0.29) is 12.1 Å². The van der Waals surface area contributed by atoms with Crippen molar-refractivity contribution in [2.24, 2.45) is 0 Å². The fourth-order valence-corrected chi connectivity index (χ4v) is 6.29. The SMILES string of the molecule is C[NH+]1CCc2c(sc3c2C(=O)N[C@@H](c2cn(Cc4ccccc4)c4ccccc24)N3)C1. The summed E-state index contributed by atoms with van der Waals surface area (Å²) in [4.78, 5) is 16.0. The van der Waals surface area contributed by atoms with Crippen molar-refractivity contribution < 1.29 is 9.69 Å². The molecule has 3 N–H and O–H groups in total. The summed E-state index contributed by atoms with van der Waals surface area (Å²) in [5.41, 5.74) is 5.67. The summed E-state index contributed by atoms with van der Waals surface area (Å²) in [6, 6.07) is 18.9. The fourth-order valence-electron chi connectivity index (χ4n) is 4.90. The van der Waals surface area contributed by atoms with E-state index in [2.05, 4.69) is 77.0 Å². The number of benzene rings is 2. The zero-order valence-corrected chi connectivity index (χ0v) is 18.3. The van der Waals surface area contributed by atoms with E-state index in [1.54, 1.807) is 11.3 Å². The summed E-state index contributed by atoms with van der Waals surface area (Å²) in [7, 11) is 2.22. The number of fused-ring (bicyclic) bond motifs is 4. The van der Waals surface area contributed by atoms with Crippen LogP contribution in [0.15, 0.2) is 60.8 Å². The van der Waals surface area contributed by atoms with Crippen LogP contribution in [0.3, 0.4) is 0 Å².